The SMILES string of the molecule is Cc1cc(NC(=O)c2ncc(Br)n2C)ccc1C(=O)N1CCN(C(=O)OC(C)(C)C)CC1. The van der Waals surface area contributed by atoms with Gasteiger partial charge in [-0.25, -0.2) is 9.78 Å². The molecule has 0 radical (unpaired) electrons. The molecule has 0 saturated carbocycles. The number of carbonyl (C=O) groups is 3. The van der Waals surface area contributed by atoms with Gasteiger partial charge in [0.1, 0.15) is 10.2 Å². The molecule has 3 amide bonds. The largest absolute Gasteiger partial charge is 0.444 e. The van der Waals surface area contributed by atoms with Crippen LogP contribution in [-0.4, -0.2) is 69.0 Å². The van der Waals surface area contributed by atoms with E-state index < -0.39 is 5.60 Å². The van der Waals surface area contributed by atoms with Crippen molar-refractivity contribution in [3.8, 4) is 0 Å². The van der Waals surface area contributed by atoms with Gasteiger partial charge in [0.05, 0.1) is 6.20 Å². The summed E-state index contributed by atoms with van der Waals surface area (Å²) in [5.41, 5.74) is 1.35. The summed E-state index contributed by atoms with van der Waals surface area (Å²) in [6.45, 7) is 9.03. The highest BCUT2D eigenvalue weighted by atomic mass is 79.9. The second kappa shape index (κ2) is 9.32. The van der Waals surface area contributed by atoms with Crippen molar-refractivity contribution in [1.29, 1.82) is 0 Å². The number of hydrogen-bond acceptors (Lipinski definition) is 5. The zero-order valence-electron chi connectivity index (χ0n) is 18.9. The van der Waals surface area contributed by atoms with Crippen LogP contribution in [0.3, 0.4) is 0 Å². The van der Waals surface area contributed by atoms with Crippen molar-refractivity contribution in [2.45, 2.75) is 33.3 Å². The number of benzene rings is 1. The number of ether oxygens (including phenoxy) is 1. The molecule has 1 aliphatic heterocycles. The number of rotatable bonds is 3. The number of imidazole rings is 1. The predicted molar refractivity (Wildman–Crippen MR) is 124 cm³/mol. The maximum atomic E-state index is 13.0. The minimum absolute atomic E-state index is 0.0998. The Balaban J connectivity index is 1.61. The van der Waals surface area contributed by atoms with Crippen LogP contribution in [0.4, 0.5) is 10.5 Å². The number of piperazine rings is 1. The van der Waals surface area contributed by atoms with Gasteiger partial charge < -0.3 is 24.4 Å². The standard InChI is InChI=1S/C22H28BrN5O4/c1-14-12-15(25-19(29)18-24-13-17(23)26(18)5)6-7-16(14)20(30)27-8-10-28(11-9-27)21(31)32-22(2,3)4/h6-7,12-13H,8-11H2,1-5H3,(H,25,29). The minimum Gasteiger partial charge on any atom is -0.444 e. The molecule has 32 heavy (non-hydrogen) atoms. The molecule has 0 atom stereocenters. The summed E-state index contributed by atoms with van der Waals surface area (Å²) in [5.74, 6) is -0.162. The third-order valence-corrected chi connectivity index (χ3v) is 5.80. The summed E-state index contributed by atoms with van der Waals surface area (Å²) in [6.07, 6.45) is 1.20. The minimum atomic E-state index is -0.550. The lowest BCUT2D eigenvalue weighted by Gasteiger charge is -2.35. The number of aryl methyl sites for hydroxylation is 1. The van der Waals surface area contributed by atoms with E-state index in [9.17, 15) is 14.4 Å². The van der Waals surface area contributed by atoms with Crippen LogP contribution in [0.15, 0.2) is 29.0 Å². The highest BCUT2D eigenvalue weighted by Gasteiger charge is 2.28. The van der Waals surface area contributed by atoms with Gasteiger partial charge in [-0.2, -0.15) is 0 Å². The van der Waals surface area contributed by atoms with E-state index in [1.807, 2.05) is 27.7 Å². The third kappa shape index (κ3) is 5.48. The summed E-state index contributed by atoms with van der Waals surface area (Å²) in [7, 11) is 1.74. The van der Waals surface area contributed by atoms with Gasteiger partial charge in [0.25, 0.3) is 11.8 Å². The van der Waals surface area contributed by atoms with Crippen LogP contribution in [0.25, 0.3) is 0 Å². The Hall–Kier alpha value is -2.88. The Kier molecular flexibility index (Phi) is 6.92. The highest BCUT2D eigenvalue weighted by Crippen LogP contribution is 2.20. The van der Waals surface area contributed by atoms with Crippen molar-refractivity contribution in [3.05, 3.63) is 46.0 Å². The molecule has 1 fully saturated rings. The fraction of sp³-hybridized carbons (Fsp3) is 0.455. The fourth-order valence-electron chi connectivity index (χ4n) is 3.36. The quantitative estimate of drug-likeness (QED) is 0.688. The smallest absolute Gasteiger partial charge is 0.410 e. The van der Waals surface area contributed by atoms with Gasteiger partial charge in [-0.05, 0) is 67.4 Å². The summed E-state index contributed by atoms with van der Waals surface area (Å²) in [4.78, 5) is 45.1. The van der Waals surface area contributed by atoms with Crippen LogP contribution in [0.2, 0.25) is 0 Å². The second-order valence-electron chi connectivity index (χ2n) is 8.71. The molecule has 0 bridgehead atoms. The van der Waals surface area contributed by atoms with E-state index in [0.717, 1.165) is 5.56 Å². The predicted octanol–water partition coefficient (Wildman–Crippen LogP) is 3.44. The molecule has 9 nitrogen and oxygen atoms in total. The van der Waals surface area contributed by atoms with Crippen molar-refractivity contribution in [3.63, 3.8) is 0 Å². The lowest BCUT2D eigenvalue weighted by molar-refractivity contribution is 0.0140. The molecule has 1 N–H and O–H groups in total. The van der Waals surface area contributed by atoms with Gasteiger partial charge in [-0.1, -0.05) is 0 Å². The first-order valence-corrected chi connectivity index (χ1v) is 11.1. The van der Waals surface area contributed by atoms with E-state index in [2.05, 4.69) is 26.2 Å². The van der Waals surface area contributed by atoms with Crippen LogP contribution < -0.4 is 5.32 Å². The van der Waals surface area contributed by atoms with E-state index in [-0.39, 0.29) is 23.7 Å². The summed E-state index contributed by atoms with van der Waals surface area (Å²) in [6, 6.07) is 5.18. The van der Waals surface area contributed by atoms with Crippen molar-refractivity contribution >= 4 is 39.5 Å². The second-order valence-corrected chi connectivity index (χ2v) is 9.52. The highest BCUT2D eigenvalue weighted by molar-refractivity contribution is 9.10. The maximum absolute atomic E-state index is 13.0. The topological polar surface area (TPSA) is 96.8 Å². The molecule has 3 rings (SSSR count). The Morgan fingerprint density at radius 2 is 1.72 bits per heavy atom. The van der Waals surface area contributed by atoms with Crippen LogP contribution in [0.5, 0.6) is 0 Å². The zero-order chi connectivity index (χ0) is 23.6. The van der Waals surface area contributed by atoms with Gasteiger partial charge in [-0.15, -0.1) is 0 Å². The van der Waals surface area contributed by atoms with E-state index >= 15 is 0 Å². The number of nitrogens with one attached hydrogen (secondary N) is 1. The van der Waals surface area contributed by atoms with Gasteiger partial charge >= 0.3 is 6.09 Å². The first-order valence-electron chi connectivity index (χ1n) is 10.3. The first-order chi connectivity index (χ1) is 15.0. The molecule has 0 aliphatic carbocycles. The molecule has 0 spiro atoms. The van der Waals surface area contributed by atoms with Crippen LogP contribution in [0, 0.1) is 6.92 Å². The third-order valence-electron chi connectivity index (χ3n) is 5.07. The molecule has 2 aromatic rings. The van der Waals surface area contributed by atoms with Crippen molar-refractivity contribution in [2.75, 3.05) is 31.5 Å². The maximum Gasteiger partial charge on any atom is 0.410 e. The molecule has 10 heteroatoms. The van der Waals surface area contributed by atoms with Crippen LogP contribution in [0.1, 0.15) is 47.3 Å². The molecule has 1 aromatic heterocycles. The Morgan fingerprint density at radius 1 is 1.09 bits per heavy atom. The van der Waals surface area contributed by atoms with Crippen molar-refractivity contribution in [1.82, 2.24) is 19.4 Å². The number of anilines is 1. The first kappa shape index (κ1) is 23.8. The van der Waals surface area contributed by atoms with Crippen molar-refractivity contribution in [2.24, 2.45) is 7.05 Å². The molecule has 0 unspecified atom stereocenters. The van der Waals surface area contributed by atoms with Gasteiger partial charge in [-0.3, -0.25) is 9.59 Å². The Labute approximate surface area is 195 Å². The lowest BCUT2D eigenvalue weighted by atomic mass is 10.1. The molecule has 2 heterocycles. The molecule has 1 aliphatic rings. The summed E-state index contributed by atoms with van der Waals surface area (Å²) >= 11 is 3.32. The van der Waals surface area contributed by atoms with E-state index in [1.54, 1.807) is 45.8 Å². The summed E-state index contributed by atoms with van der Waals surface area (Å²) < 4.78 is 7.74. The van der Waals surface area contributed by atoms with E-state index in [4.69, 9.17) is 4.74 Å². The van der Waals surface area contributed by atoms with Crippen LogP contribution >= 0.6 is 15.9 Å². The molecule has 172 valence electrons. The number of halogens is 1. The number of amides is 3. The normalized spacial score (nSPS) is 14.3. The monoisotopic (exact) mass is 505 g/mol. The Morgan fingerprint density at radius 3 is 2.25 bits per heavy atom. The van der Waals surface area contributed by atoms with Gasteiger partial charge in [0, 0.05) is 44.5 Å². The van der Waals surface area contributed by atoms with E-state index in [1.165, 1.54) is 0 Å². The van der Waals surface area contributed by atoms with Crippen molar-refractivity contribution < 1.29 is 19.1 Å². The number of nitrogens with zero attached hydrogens (tertiary/aromatic N) is 4. The Bertz CT molecular complexity index is 1040. The van der Waals surface area contributed by atoms with E-state index in [0.29, 0.717) is 42.0 Å². The van der Waals surface area contributed by atoms with Gasteiger partial charge in [0.2, 0.25) is 0 Å². The number of aromatic nitrogens is 2. The lowest BCUT2D eigenvalue weighted by Crippen LogP contribution is -2.51. The molecule has 1 saturated heterocycles. The molecular weight excluding hydrogens is 478 g/mol. The van der Waals surface area contributed by atoms with Gasteiger partial charge in [0.15, 0.2) is 5.82 Å². The molecular formula is C22H28BrN5O4. The number of hydrogen-bond donors (Lipinski definition) is 1. The zero-order valence-corrected chi connectivity index (χ0v) is 20.5. The molecule has 1 aromatic carbocycles. The fourth-order valence-corrected chi connectivity index (χ4v) is 3.63. The number of carbonyl (C=O) groups excluding carboxylic acids is 3. The average molecular weight is 506 g/mol. The summed E-state index contributed by atoms with van der Waals surface area (Å²) in [5, 5.41) is 2.81. The van der Waals surface area contributed by atoms with Crippen LogP contribution in [-0.2, 0) is 11.8 Å². The average Bonchev–Trinajstić information content (AvgIpc) is 3.05.